The van der Waals surface area contributed by atoms with Crippen LogP contribution in [0.1, 0.15) is 44.6 Å². The molecule has 3 heteroatoms. The lowest BCUT2D eigenvalue weighted by Crippen LogP contribution is -2.30. The molecule has 3 nitrogen and oxygen atoms in total. The predicted molar refractivity (Wildman–Crippen MR) is 68.8 cm³/mol. The van der Waals surface area contributed by atoms with Crippen molar-refractivity contribution in [2.45, 2.75) is 51.7 Å². The van der Waals surface area contributed by atoms with Gasteiger partial charge in [-0.3, -0.25) is 0 Å². The Morgan fingerprint density at radius 3 is 3.00 bits per heavy atom. The molecule has 1 heterocycles. The summed E-state index contributed by atoms with van der Waals surface area (Å²) in [5.41, 5.74) is 6.70. The van der Waals surface area contributed by atoms with Crippen LogP contribution in [0.25, 0.3) is 0 Å². The Balaban J connectivity index is 2.02. The van der Waals surface area contributed by atoms with E-state index in [9.17, 15) is 0 Å². The molecule has 2 unspecified atom stereocenters. The highest BCUT2D eigenvalue weighted by Gasteiger charge is 2.25. The maximum Gasteiger partial charge on any atom is 0.213 e. The van der Waals surface area contributed by atoms with Crippen molar-refractivity contribution in [2.24, 2.45) is 11.7 Å². The minimum absolute atomic E-state index is 0.342. The third kappa shape index (κ3) is 3.19. The molecule has 0 bridgehead atoms. The number of hydrogen-bond acceptors (Lipinski definition) is 3. The summed E-state index contributed by atoms with van der Waals surface area (Å²) >= 11 is 0. The molecule has 1 aliphatic rings. The SMILES string of the molecule is CCC1CCCCC1Oc1cc(CN)ccn1. The van der Waals surface area contributed by atoms with Crippen molar-refractivity contribution in [1.29, 1.82) is 0 Å². The van der Waals surface area contributed by atoms with E-state index in [1.54, 1.807) is 6.20 Å². The highest BCUT2D eigenvalue weighted by Crippen LogP contribution is 2.29. The molecule has 0 saturated heterocycles. The molecule has 94 valence electrons. The van der Waals surface area contributed by atoms with Gasteiger partial charge in [-0.05, 0) is 43.2 Å². The van der Waals surface area contributed by atoms with E-state index in [-0.39, 0.29) is 0 Å². The molecule has 0 amide bonds. The lowest BCUT2D eigenvalue weighted by molar-refractivity contribution is 0.0858. The molecule has 0 spiro atoms. The molecule has 0 radical (unpaired) electrons. The second-order valence-corrected chi connectivity index (χ2v) is 4.82. The van der Waals surface area contributed by atoms with Crippen molar-refractivity contribution < 1.29 is 4.74 Å². The summed E-state index contributed by atoms with van der Waals surface area (Å²) in [6.07, 6.45) is 8.38. The highest BCUT2D eigenvalue weighted by atomic mass is 16.5. The average molecular weight is 234 g/mol. The van der Waals surface area contributed by atoms with Crippen molar-refractivity contribution in [1.82, 2.24) is 4.98 Å². The molecule has 0 aromatic carbocycles. The number of aromatic nitrogens is 1. The van der Waals surface area contributed by atoms with Gasteiger partial charge in [0.2, 0.25) is 5.88 Å². The largest absolute Gasteiger partial charge is 0.474 e. The van der Waals surface area contributed by atoms with Gasteiger partial charge in [-0.1, -0.05) is 13.3 Å². The van der Waals surface area contributed by atoms with Crippen LogP contribution in [-0.4, -0.2) is 11.1 Å². The Labute approximate surface area is 103 Å². The van der Waals surface area contributed by atoms with E-state index in [1.165, 1.54) is 25.7 Å². The van der Waals surface area contributed by atoms with Gasteiger partial charge in [-0.25, -0.2) is 4.98 Å². The van der Waals surface area contributed by atoms with Gasteiger partial charge in [-0.15, -0.1) is 0 Å². The zero-order valence-electron chi connectivity index (χ0n) is 10.6. The van der Waals surface area contributed by atoms with E-state index < -0.39 is 0 Å². The van der Waals surface area contributed by atoms with Crippen LogP contribution >= 0.6 is 0 Å². The number of pyridine rings is 1. The smallest absolute Gasteiger partial charge is 0.213 e. The van der Waals surface area contributed by atoms with Crippen LogP contribution in [0.4, 0.5) is 0 Å². The van der Waals surface area contributed by atoms with E-state index in [1.807, 2.05) is 12.1 Å². The van der Waals surface area contributed by atoms with E-state index in [0.29, 0.717) is 18.6 Å². The minimum atomic E-state index is 0.342. The standard InChI is InChI=1S/C14H22N2O/c1-2-12-5-3-4-6-13(12)17-14-9-11(10-15)7-8-16-14/h7-9,12-13H,2-6,10,15H2,1H3. The van der Waals surface area contributed by atoms with Crippen LogP contribution in [0.5, 0.6) is 5.88 Å². The molecule has 1 saturated carbocycles. The molecule has 0 aliphatic heterocycles. The molecule has 2 rings (SSSR count). The monoisotopic (exact) mass is 234 g/mol. The second-order valence-electron chi connectivity index (χ2n) is 4.82. The van der Waals surface area contributed by atoms with Crippen molar-refractivity contribution in [3.05, 3.63) is 23.9 Å². The quantitative estimate of drug-likeness (QED) is 0.871. The van der Waals surface area contributed by atoms with Gasteiger partial charge in [0.25, 0.3) is 0 Å². The van der Waals surface area contributed by atoms with Crippen LogP contribution in [0.2, 0.25) is 0 Å². The molecule has 1 aromatic heterocycles. The Bertz CT molecular complexity index is 354. The zero-order valence-corrected chi connectivity index (χ0v) is 10.6. The molecular formula is C14H22N2O. The number of rotatable bonds is 4. The molecule has 2 atom stereocenters. The Morgan fingerprint density at radius 1 is 1.41 bits per heavy atom. The molecule has 1 aliphatic carbocycles. The third-order valence-corrected chi connectivity index (χ3v) is 3.67. The predicted octanol–water partition coefficient (Wildman–Crippen LogP) is 2.89. The summed E-state index contributed by atoms with van der Waals surface area (Å²) in [6, 6.07) is 3.90. The summed E-state index contributed by atoms with van der Waals surface area (Å²) < 4.78 is 6.03. The Hall–Kier alpha value is -1.09. The lowest BCUT2D eigenvalue weighted by Gasteiger charge is -2.30. The maximum atomic E-state index is 6.03. The fourth-order valence-corrected chi connectivity index (χ4v) is 2.59. The maximum absolute atomic E-state index is 6.03. The van der Waals surface area contributed by atoms with Crippen LogP contribution in [0.15, 0.2) is 18.3 Å². The normalized spacial score (nSPS) is 24.6. The summed E-state index contributed by atoms with van der Waals surface area (Å²) in [4.78, 5) is 4.27. The van der Waals surface area contributed by atoms with E-state index in [0.717, 1.165) is 17.9 Å². The number of ether oxygens (including phenoxy) is 1. The molecule has 17 heavy (non-hydrogen) atoms. The van der Waals surface area contributed by atoms with Crippen molar-refractivity contribution in [2.75, 3.05) is 0 Å². The first-order valence-electron chi connectivity index (χ1n) is 6.65. The van der Waals surface area contributed by atoms with Crippen LogP contribution < -0.4 is 10.5 Å². The second kappa shape index (κ2) is 6.01. The summed E-state index contributed by atoms with van der Waals surface area (Å²) in [5, 5.41) is 0. The average Bonchev–Trinajstić information content (AvgIpc) is 2.39. The van der Waals surface area contributed by atoms with Gasteiger partial charge in [0.05, 0.1) is 0 Å². The third-order valence-electron chi connectivity index (χ3n) is 3.67. The first-order chi connectivity index (χ1) is 8.33. The van der Waals surface area contributed by atoms with Gasteiger partial charge < -0.3 is 10.5 Å². The van der Waals surface area contributed by atoms with Crippen LogP contribution in [0, 0.1) is 5.92 Å². The summed E-state index contributed by atoms with van der Waals surface area (Å²) in [7, 11) is 0. The summed E-state index contributed by atoms with van der Waals surface area (Å²) in [6.45, 7) is 2.79. The van der Waals surface area contributed by atoms with Crippen LogP contribution in [-0.2, 0) is 6.54 Å². The highest BCUT2D eigenvalue weighted by molar-refractivity contribution is 5.20. The first kappa shape index (κ1) is 12.4. The van der Waals surface area contributed by atoms with Gasteiger partial charge in [0, 0.05) is 18.8 Å². The Morgan fingerprint density at radius 2 is 2.24 bits per heavy atom. The number of nitrogens with two attached hydrogens (primary N) is 1. The van der Waals surface area contributed by atoms with Crippen molar-refractivity contribution >= 4 is 0 Å². The zero-order chi connectivity index (χ0) is 12.1. The number of hydrogen-bond donors (Lipinski definition) is 1. The van der Waals surface area contributed by atoms with E-state index in [4.69, 9.17) is 10.5 Å². The van der Waals surface area contributed by atoms with E-state index >= 15 is 0 Å². The molecule has 2 N–H and O–H groups in total. The van der Waals surface area contributed by atoms with Crippen LogP contribution in [0.3, 0.4) is 0 Å². The van der Waals surface area contributed by atoms with Crippen molar-refractivity contribution in [3.63, 3.8) is 0 Å². The molecular weight excluding hydrogens is 212 g/mol. The van der Waals surface area contributed by atoms with Gasteiger partial charge in [0.15, 0.2) is 0 Å². The lowest BCUT2D eigenvalue weighted by atomic mass is 9.85. The fourth-order valence-electron chi connectivity index (χ4n) is 2.59. The Kier molecular flexibility index (Phi) is 4.37. The van der Waals surface area contributed by atoms with Gasteiger partial charge in [0.1, 0.15) is 6.10 Å². The topological polar surface area (TPSA) is 48.1 Å². The molecule has 1 fully saturated rings. The molecule has 1 aromatic rings. The minimum Gasteiger partial charge on any atom is -0.474 e. The first-order valence-corrected chi connectivity index (χ1v) is 6.65. The number of nitrogens with zero attached hydrogens (tertiary/aromatic N) is 1. The fraction of sp³-hybridized carbons (Fsp3) is 0.643. The van der Waals surface area contributed by atoms with Gasteiger partial charge in [-0.2, -0.15) is 0 Å². The van der Waals surface area contributed by atoms with E-state index in [2.05, 4.69) is 11.9 Å². The van der Waals surface area contributed by atoms with Crippen molar-refractivity contribution in [3.8, 4) is 5.88 Å². The summed E-state index contributed by atoms with van der Waals surface area (Å²) in [5.74, 6) is 1.42. The van der Waals surface area contributed by atoms with Gasteiger partial charge >= 0.3 is 0 Å².